The van der Waals surface area contributed by atoms with Gasteiger partial charge in [-0.15, -0.1) is 0 Å². The van der Waals surface area contributed by atoms with E-state index in [1.807, 2.05) is 0 Å². The lowest BCUT2D eigenvalue weighted by Crippen LogP contribution is -2.26. The first-order valence-electron chi connectivity index (χ1n) is 7.05. The van der Waals surface area contributed by atoms with Crippen LogP contribution < -0.4 is 20.1 Å². The van der Waals surface area contributed by atoms with E-state index >= 15 is 0 Å². The van der Waals surface area contributed by atoms with Crippen LogP contribution >= 0.6 is 0 Å². The number of pyridine rings is 1. The molecule has 0 aliphatic carbocycles. The van der Waals surface area contributed by atoms with Gasteiger partial charge in [0.15, 0.2) is 18.2 Å². The van der Waals surface area contributed by atoms with Crippen LogP contribution in [-0.2, 0) is 11.0 Å². The fourth-order valence-corrected chi connectivity index (χ4v) is 2.22. The molecule has 0 saturated carbocycles. The average molecular weight is 369 g/mol. The molecule has 0 atom stereocenters. The van der Waals surface area contributed by atoms with Crippen molar-refractivity contribution in [1.29, 1.82) is 0 Å². The predicted octanol–water partition coefficient (Wildman–Crippen LogP) is 3.31. The van der Waals surface area contributed by atoms with Gasteiger partial charge in [-0.3, -0.25) is 10.1 Å². The maximum atomic E-state index is 13.2. The molecule has 0 fully saturated rings. The minimum absolute atomic E-state index is 0.0436. The predicted molar refractivity (Wildman–Crippen MR) is 81.5 cm³/mol. The van der Waals surface area contributed by atoms with Crippen LogP contribution in [0.25, 0.3) is 0 Å². The number of hydrogen-bond acceptors (Lipinski definition) is 5. The molecule has 2 aromatic rings. The number of hydrogen-bond donors (Lipinski definition) is 3. The number of anilines is 2. The highest BCUT2D eigenvalue weighted by Gasteiger charge is 2.35. The Morgan fingerprint density at radius 2 is 2.12 bits per heavy atom. The van der Waals surface area contributed by atoms with Crippen molar-refractivity contribution in [3.8, 4) is 17.2 Å². The second-order valence-corrected chi connectivity index (χ2v) is 5.06. The summed E-state index contributed by atoms with van der Waals surface area (Å²) in [7, 11) is 0. The summed E-state index contributed by atoms with van der Waals surface area (Å²) in [6, 6.07) is 4.10. The highest BCUT2D eigenvalue weighted by molar-refractivity contribution is 5.94. The largest absolute Gasteiger partial charge is 0.476 e. The number of nitrogens with one attached hydrogen (secondary N) is 2. The number of carbonyl (C=O) groups is 2. The molecule has 136 valence electrons. The zero-order chi connectivity index (χ0) is 18.9. The molecule has 0 radical (unpaired) electrons. The number of nitrogens with zero attached hydrogens (tertiary/aromatic N) is 1. The van der Waals surface area contributed by atoms with Crippen molar-refractivity contribution in [2.24, 2.45) is 0 Å². The lowest BCUT2D eigenvalue weighted by Gasteiger charge is -2.20. The Bertz CT molecular complexity index is 885. The van der Waals surface area contributed by atoms with Crippen molar-refractivity contribution in [1.82, 2.24) is 4.98 Å². The van der Waals surface area contributed by atoms with Crippen LogP contribution in [0, 0.1) is 0 Å². The van der Waals surface area contributed by atoms with Gasteiger partial charge >= 0.3 is 12.3 Å². The number of fused-ring (bicyclic) bond motifs is 1. The quantitative estimate of drug-likeness (QED) is 0.766. The lowest BCUT2D eigenvalue weighted by atomic mass is 10.1. The van der Waals surface area contributed by atoms with Crippen LogP contribution in [0.4, 0.5) is 29.5 Å². The van der Waals surface area contributed by atoms with Gasteiger partial charge < -0.3 is 19.9 Å². The zero-order valence-corrected chi connectivity index (χ0v) is 12.8. The molecule has 1 aromatic heterocycles. The first-order valence-corrected chi connectivity index (χ1v) is 7.05. The first-order chi connectivity index (χ1) is 12.2. The smallest absolute Gasteiger partial charge is 0.418 e. The van der Waals surface area contributed by atoms with Crippen LogP contribution in [-0.4, -0.2) is 28.7 Å². The Labute approximate surface area is 143 Å². The van der Waals surface area contributed by atoms with Crippen molar-refractivity contribution in [2.45, 2.75) is 6.18 Å². The molecule has 8 nitrogen and oxygen atoms in total. The van der Waals surface area contributed by atoms with Gasteiger partial charge in [-0.05, 0) is 18.2 Å². The van der Waals surface area contributed by atoms with Gasteiger partial charge in [0.05, 0.1) is 11.3 Å². The van der Waals surface area contributed by atoms with Crippen molar-refractivity contribution < 1.29 is 37.3 Å². The Balaban J connectivity index is 1.95. The van der Waals surface area contributed by atoms with E-state index < -0.39 is 29.4 Å². The number of alkyl halides is 3. The molecule has 2 amide bonds. The first kappa shape index (κ1) is 17.3. The fourth-order valence-electron chi connectivity index (χ4n) is 2.22. The molecular weight excluding hydrogens is 359 g/mol. The molecule has 1 aromatic carbocycles. The highest BCUT2D eigenvalue weighted by atomic mass is 19.4. The maximum absolute atomic E-state index is 13.2. The van der Waals surface area contributed by atoms with Gasteiger partial charge in [0.25, 0.3) is 5.91 Å². The molecule has 0 bridgehead atoms. The SMILES string of the molecule is O=C(O)Nc1ccc(Oc2ccnc3c2OCC(=O)N3)cc1C(F)(F)F. The normalized spacial score (nSPS) is 13.3. The molecule has 0 unspecified atom stereocenters. The van der Waals surface area contributed by atoms with Crippen LogP contribution in [0.5, 0.6) is 17.2 Å². The summed E-state index contributed by atoms with van der Waals surface area (Å²) < 4.78 is 50.1. The van der Waals surface area contributed by atoms with Crippen molar-refractivity contribution in [3.63, 3.8) is 0 Å². The number of rotatable bonds is 3. The second kappa shape index (κ2) is 6.43. The van der Waals surface area contributed by atoms with E-state index in [1.165, 1.54) is 12.3 Å². The van der Waals surface area contributed by atoms with Crippen molar-refractivity contribution >= 4 is 23.5 Å². The summed E-state index contributed by atoms with van der Waals surface area (Å²) in [5.74, 6) is -0.429. The van der Waals surface area contributed by atoms with Gasteiger partial charge in [-0.25, -0.2) is 9.78 Å². The van der Waals surface area contributed by atoms with Crippen molar-refractivity contribution in [2.75, 3.05) is 17.2 Å². The second-order valence-electron chi connectivity index (χ2n) is 5.06. The number of halogens is 3. The van der Waals surface area contributed by atoms with E-state index in [0.29, 0.717) is 6.07 Å². The van der Waals surface area contributed by atoms with Gasteiger partial charge in [0.2, 0.25) is 5.75 Å². The van der Waals surface area contributed by atoms with Crippen LogP contribution in [0.15, 0.2) is 30.5 Å². The maximum Gasteiger partial charge on any atom is 0.418 e. The third-order valence-corrected chi connectivity index (χ3v) is 3.24. The Morgan fingerprint density at radius 1 is 1.35 bits per heavy atom. The number of benzene rings is 1. The molecule has 3 rings (SSSR count). The summed E-state index contributed by atoms with van der Waals surface area (Å²) in [6.45, 7) is -0.287. The third-order valence-electron chi connectivity index (χ3n) is 3.24. The Morgan fingerprint density at radius 3 is 2.81 bits per heavy atom. The van der Waals surface area contributed by atoms with Crippen LogP contribution in [0.1, 0.15) is 5.56 Å². The van der Waals surface area contributed by atoms with Crippen LogP contribution in [0.2, 0.25) is 0 Å². The van der Waals surface area contributed by atoms with E-state index in [1.54, 1.807) is 5.32 Å². The average Bonchev–Trinajstić information content (AvgIpc) is 2.54. The molecular formula is C15H10F3N3O5. The standard InChI is InChI=1S/C15H10F3N3O5/c16-15(17,18)8-5-7(1-2-9(8)20-14(23)24)26-10-3-4-19-13-12(10)25-6-11(22)21-13/h1-5,20H,6H2,(H,23,24)(H,19,21,22). The number of aromatic nitrogens is 1. The lowest BCUT2D eigenvalue weighted by molar-refractivity contribution is -0.137. The summed E-state index contributed by atoms with van der Waals surface area (Å²) in [5.41, 5.74) is -1.84. The van der Waals surface area contributed by atoms with Crippen molar-refractivity contribution in [3.05, 3.63) is 36.0 Å². The van der Waals surface area contributed by atoms with E-state index in [0.717, 1.165) is 12.1 Å². The fraction of sp³-hybridized carbons (Fsp3) is 0.133. The van der Waals surface area contributed by atoms with E-state index in [4.69, 9.17) is 14.6 Å². The molecule has 0 saturated heterocycles. The van der Waals surface area contributed by atoms with Crippen LogP contribution in [0.3, 0.4) is 0 Å². The summed E-state index contributed by atoms with van der Waals surface area (Å²) in [4.78, 5) is 25.8. The molecule has 1 aliphatic heterocycles. The third kappa shape index (κ3) is 3.61. The molecule has 11 heteroatoms. The molecule has 26 heavy (non-hydrogen) atoms. The number of carboxylic acid groups (broad SMARTS) is 1. The molecule has 2 heterocycles. The van der Waals surface area contributed by atoms with E-state index in [-0.39, 0.29) is 29.7 Å². The van der Waals surface area contributed by atoms with Gasteiger partial charge in [0.1, 0.15) is 5.75 Å². The summed E-state index contributed by atoms with van der Waals surface area (Å²) >= 11 is 0. The van der Waals surface area contributed by atoms with Gasteiger partial charge in [-0.1, -0.05) is 0 Å². The topological polar surface area (TPSA) is 110 Å². The summed E-state index contributed by atoms with van der Waals surface area (Å²) in [5, 5.41) is 12.8. The zero-order valence-electron chi connectivity index (χ0n) is 12.8. The summed E-state index contributed by atoms with van der Waals surface area (Å²) in [6.07, 6.45) is -5.15. The Hall–Kier alpha value is -3.50. The number of amides is 2. The molecule has 0 spiro atoms. The van der Waals surface area contributed by atoms with Gasteiger partial charge in [0, 0.05) is 12.3 Å². The number of ether oxygens (including phenoxy) is 2. The van der Waals surface area contributed by atoms with Gasteiger partial charge in [-0.2, -0.15) is 13.2 Å². The Kier molecular flexibility index (Phi) is 4.28. The minimum atomic E-state index is -4.81. The monoisotopic (exact) mass is 369 g/mol. The number of carbonyl (C=O) groups excluding carboxylic acids is 1. The van der Waals surface area contributed by atoms with E-state index in [2.05, 4.69) is 10.3 Å². The molecule has 1 aliphatic rings. The minimum Gasteiger partial charge on any atom is -0.476 e. The van der Waals surface area contributed by atoms with E-state index in [9.17, 15) is 22.8 Å². The molecule has 3 N–H and O–H groups in total. The highest BCUT2D eigenvalue weighted by Crippen LogP contribution is 2.41.